The van der Waals surface area contributed by atoms with E-state index >= 15 is 0 Å². The molecule has 0 saturated carbocycles. The van der Waals surface area contributed by atoms with Gasteiger partial charge in [-0.2, -0.15) is 0 Å². The van der Waals surface area contributed by atoms with Crippen molar-refractivity contribution in [1.29, 1.82) is 0 Å². The molecule has 6 heteroatoms. The maximum atomic E-state index is 12.9. The van der Waals surface area contributed by atoms with Crippen molar-refractivity contribution in [3.8, 4) is 0 Å². The number of halogens is 1. The number of carbonyl (C=O) groups excluding carboxylic acids is 2. The summed E-state index contributed by atoms with van der Waals surface area (Å²) < 4.78 is 12.9. The van der Waals surface area contributed by atoms with Crippen LogP contribution < -0.4 is 16.0 Å². The number of amides is 3. The molecular formula is C20H32FN3O2. The third kappa shape index (κ3) is 8.83. The fourth-order valence-corrected chi connectivity index (χ4v) is 2.55. The Balaban J connectivity index is 2.47. The predicted octanol–water partition coefficient (Wildman–Crippen LogP) is 3.73. The van der Waals surface area contributed by atoms with E-state index in [1.54, 1.807) is 12.1 Å². The fourth-order valence-electron chi connectivity index (χ4n) is 2.55. The second-order valence-electron chi connectivity index (χ2n) is 7.18. The molecule has 0 aliphatic rings. The van der Waals surface area contributed by atoms with Gasteiger partial charge in [0, 0.05) is 12.6 Å². The molecule has 0 fully saturated rings. The van der Waals surface area contributed by atoms with Gasteiger partial charge in [-0.05, 0) is 49.8 Å². The van der Waals surface area contributed by atoms with Gasteiger partial charge in [0.25, 0.3) is 0 Å². The SMILES string of the molecule is CCCC(NC(=O)NCc1ccc(F)cc1)C(=O)NC(C)CCC(C)C. The summed E-state index contributed by atoms with van der Waals surface area (Å²) >= 11 is 0. The largest absolute Gasteiger partial charge is 0.352 e. The summed E-state index contributed by atoms with van der Waals surface area (Å²) in [6.45, 7) is 8.54. The van der Waals surface area contributed by atoms with Crippen molar-refractivity contribution in [1.82, 2.24) is 16.0 Å². The Bertz CT molecular complexity index is 561. The summed E-state index contributed by atoms with van der Waals surface area (Å²) in [5, 5.41) is 8.42. The maximum Gasteiger partial charge on any atom is 0.315 e. The maximum absolute atomic E-state index is 12.9. The van der Waals surface area contributed by atoms with E-state index in [1.807, 2.05) is 13.8 Å². The van der Waals surface area contributed by atoms with Crippen LogP contribution in [0.15, 0.2) is 24.3 Å². The van der Waals surface area contributed by atoms with Crippen LogP contribution in [-0.2, 0) is 11.3 Å². The quantitative estimate of drug-likeness (QED) is 0.591. The van der Waals surface area contributed by atoms with E-state index in [0.717, 1.165) is 24.8 Å². The summed E-state index contributed by atoms with van der Waals surface area (Å²) in [6.07, 6.45) is 3.33. The third-order valence-electron chi connectivity index (χ3n) is 4.13. The second kappa shape index (κ2) is 11.5. The molecule has 1 aromatic rings. The monoisotopic (exact) mass is 365 g/mol. The average Bonchev–Trinajstić information content (AvgIpc) is 2.59. The van der Waals surface area contributed by atoms with E-state index in [-0.39, 0.29) is 24.3 Å². The molecule has 3 amide bonds. The van der Waals surface area contributed by atoms with Gasteiger partial charge >= 0.3 is 6.03 Å². The molecule has 146 valence electrons. The number of hydrogen-bond donors (Lipinski definition) is 3. The van der Waals surface area contributed by atoms with Crippen LogP contribution in [0.3, 0.4) is 0 Å². The molecule has 2 atom stereocenters. The lowest BCUT2D eigenvalue weighted by Crippen LogP contribution is -2.51. The Morgan fingerprint density at radius 2 is 1.65 bits per heavy atom. The Morgan fingerprint density at radius 1 is 1.00 bits per heavy atom. The summed E-state index contributed by atoms with van der Waals surface area (Å²) in [5.41, 5.74) is 0.792. The lowest BCUT2D eigenvalue weighted by Gasteiger charge is -2.21. The van der Waals surface area contributed by atoms with Crippen molar-refractivity contribution in [3.05, 3.63) is 35.6 Å². The average molecular weight is 365 g/mol. The molecule has 26 heavy (non-hydrogen) atoms. The summed E-state index contributed by atoms with van der Waals surface area (Å²) in [5.74, 6) is 0.126. The van der Waals surface area contributed by atoms with Gasteiger partial charge in [0.2, 0.25) is 5.91 Å². The van der Waals surface area contributed by atoms with Crippen molar-refractivity contribution >= 4 is 11.9 Å². The van der Waals surface area contributed by atoms with Crippen LogP contribution in [0.2, 0.25) is 0 Å². The molecule has 3 N–H and O–H groups in total. The first kappa shape index (κ1) is 21.9. The first-order chi connectivity index (χ1) is 12.3. The third-order valence-corrected chi connectivity index (χ3v) is 4.13. The normalized spacial score (nSPS) is 13.2. The Labute approximate surface area is 156 Å². The minimum atomic E-state index is -0.560. The van der Waals surface area contributed by atoms with Gasteiger partial charge in [0.05, 0.1) is 0 Å². The molecule has 0 aromatic heterocycles. The van der Waals surface area contributed by atoms with Crippen molar-refractivity contribution in [3.63, 3.8) is 0 Å². The Hall–Kier alpha value is -2.11. The van der Waals surface area contributed by atoms with Gasteiger partial charge in [-0.1, -0.05) is 39.3 Å². The van der Waals surface area contributed by atoms with E-state index in [2.05, 4.69) is 29.8 Å². The zero-order valence-corrected chi connectivity index (χ0v) is 16.3. The minimum Gasteiger partial charge on any atom is -0.352 e. The van der Waals surface area contributed by atoms with Gasteiger partial charge in [0.1, 0.15) is 11.9 Å². The Morgan fingerprint density at radius 3 is 2.23 bits per heavy atom. The van der Waals surface area contributed by atoms with Gasteiger partial charge < -0.3 is 16.0 Å². The van der Waals surface area contributed by atoms with Crippen LogP contribution in [0.5, 0.6) is 0 Å². The fraction of sp³-hybridized carbons (Fsp3) is 0.600. The zero-order chi connectivity index (χ0) is 19.5. The highest BCUT2D eigenvalue weighted by molar-refractivity contribution is 5.87. The van der Waals surface area contributed by atoms with Gasteiger partial charge in [-0.15, -0.1) is 0 Å². The topological polar surface area (TPSA) is 70.2 Å². The zero-order valence-electron chi connectivity index (χ0n) is 16.3. The van der Waals surface area contributed by atoms with E-state index in [4.69, 9.17) is 0 Å². The van der Waals surface area contributed by atoms with Crippen LogP contribution in [0.1, 0.15) is 58.9 Å². The molecule has 1 rings (SSSR count). The first-order valence-electron chi connectivity index (χ1n) is 9.41. The second-order valence-corrected chi connectivity index (χ2v) is 7.18. The highest BCUT2D eigenvalue weighted by atomic mass is 19.1. The highest BCUT2D eigenvalue weighted by Crippen LogP contribution is 2.07. The number of carbonyl (C=O) groups is 2. The van der Waals surface area contributed by atoms with Crippen molar-refractivity contribution < 1.29 is 14.0 Å². The first-order valence-corrected chi connectivity index (χ1v) is 9.41. The Kier molecular flexibility index (Phi) is 9.70. The van der Waals surface area contributed by atoms with Crippen molar-refractivity contribution in [2.24, 2.45) is 5.92 Å². The molecule has 0 heterocycles. The highest BCUT2D eigenvalue weighted by Gasteiger charge is 2.21. The molecule has 2 unspecified atom stereocenters. The smallest absolute Gasteiger partial charge is 0.315 e. The predicted molar refractivity (Wildman–Crippen MR) is 102 cm³/mol. The van der Waals surface area contributed by atoms with Gasteiger partial charge in [-0.3, -0.25) is 4.79 Å². The number of urea groups is 1. The van der Waals surface area contributed by atoms with E-state index < -0.39 is 12.1 Å². The van der Waals surface area contributed by atoms with Crippen LogP contribution in [-0.4, -0.2) is 24.0 Å². The van der Waals surface area contributed by atoms with E-state index in [9.17, 15) is 14.0 Å². The molecular weight excluding hydrogens is 333 g/mol. The molecule has 0 aliphatic carbocycles. The van der Waals surface area contributed by atoms with Gasteiger partial charge in [-0.25, -0.2) is 9.18 Å². The number of hydrogen-bond acceptors (Lipinski definition) is 2. The van der Waals surface area contributed by atoms with Crippen LogP contribution in [0.4, 0.5) is 9.18 Å². The molecule has 0 spiro atoms. The molecule has 0 radical (unpaired) electrons. The summed E-state index contributed by atoms with van der Waals surface area (Å²) in [6, 6.07) is 5.03. The minimum absolute atomic E-state index is 0.0772. The lowest BCUT2D eigenvalue weighted by atomic mass is 10.0. The van der Waals surface area contributed by atoms with Crippen molar-refractivity contribution in [2.45, 2.75) is 72.0 Å². The number of nitrogens with one attached hydrogen (secondary N) is 3. The van der Waals surface area contributed by atoms with Crippen LogP contribution in [0.25, 0.3) is 0 Å². The molecule has 0 saturated heterocycles. The summed E-state index contributed by atoms with van der Waals surface area (Å²) in [7, 11) is 0. The van der Waals surface area contributed by atoms with E-state index in [0.29, 0.717) is 12.3 Å². The molecule has 5 nitrogen and oxygen atoms in total. The summed E-state index contributed by atoms with van der Waals surface area (Å²) in [4.78, 5) is 24.5. The number of rotatable bonds is 10. The van der Waals surface area contributed by atoms with E-state index in [1.165, 1.54) is 12.1 Å². The number of benzene rings is 1. The standard InChI is InChI=1S/C20H32FN3O2/c1-5-6-18(19(25)23-15(4)8-7-14(2)3)24-20(26)22-13-16-9-11-17(21)12-10-16/h9-12,14-15,18H,5-8,13H2,1-4H3,(H,23,25)(H2,22,24,26). The molecule has 0 bridgehead atoms. The van der Waals surface area contributed by atoms with Crippen LogP contribution in [0, 0.1) is 11.7 Å². The van der Waals surface area contributed by atoms with Crippen LogP contribution >= 0.6 is 0 Å². The lowest BCUT2D eigenvalue weighted by molar-refractivity contribution is -0.123. The van der Waals surface area contributed by atoms with Crippen molar-refractivity contribution in [2.75, 3.05) is 0 Å². The molecule has 0 aliphatic heterocycles. The van der Waals surface area contributed by atoms with Gasteiger partial charge in [0.15, 0.2) is 0 Å². The molecule has 1 aromatic carbocycles.